The van der Waals surface area contributed by atoms with Crippen molar-refractivity contribution in [1.29, 1.82) is 0 Å². The number of benzene rings is 2. The molecule has 0 fully saturated rings. The van der Waals surface area contributed by atoms with Crippen LogP contribution in [-0.2, 0) is 15.6 Å². The van der Waals surface area contributed by atoms with Crippen LogP contribution in [0.15, 0.2) is 58.5 Å². The van der Waals surface area contributed by atoms with Crippen LogP contribution in [0.3, 0.4) is 0 Å². The molecule has 0 amide bonds. The van der Waals surface area contributed by atoms with Crippen molar-refractivity contribution in [2.45, 2.75) is 10.6 Å². The molecule has 0 heterocycles. The number of azide groups is 1. The number of nitrogens with two attached hydrogens (primary N) is 1. The minimum Gasteiger partial charge on any atom is -0.491 e. The molecule has 0 aromatic heterocycles. The third kappa shape index (κ3) is 4.38. The Morgan fingerprint density at radius 1 is 1.13 bits per heavy atom. The zero-order chi connectivity index (χ0) is 16.7. The summed E-state index contributed by atoms with van der Waals surface area (Å²) in [6, 6.07) is 13.2. The molecule has 0 aliphatic carbocycles. The molecule has 120 valence electrons. The zero-order valence-corrected chi connectivity index (χ0v) is 13.1. The molecule has 2 rings (SSSR count). The molecule has 0 atom stereocenters. The minimum absolute atomic E-state index is 0.169. The Morgan fingerprint density at radius 2 is 1.87 bits per heavy atom. The van der Waals surface area contributed by atoms with Crippen molar-refractivity contribution >= 4 is 15.5 Å². The average molecular weight is 332 g/mol. The van der Waals surface area contributed by atoms with Gasteiger partial charge in [-0.05, 0) is 29.3 Å². The van der Waals surface area contributed by atoms with E-state index in [2.05, 4.69) is 10.0 Å². The lowest BCUT2D eigenvalue weighted by atomic mass is 10.2. The summed E-state index contributed by atoms with van der Waals surface area (Å²) in [5.41, 5.74) is 14.9. The van der Waals surface area contributed by atoms with Gasteiger partial charge in [-0.25, -0.2) is 8.42 Å². The van der Waals surface area contributed by atoms with Gasteiger partial charge >= 0.3 is 0 Å². The van der Waals surface area contributed by atoms with Gasteiger partial charge in [0.15, 0.2) is 9.84 Å². The number of hydrogen-bond acceptors (Lipinski definition) is 5. The fourth-order valence-corrected chi connectivity index (χ4v) is 3.40. The summed E-state index contributed by atoms with van der Waals surface area (Å²) < 4.78 is 30.2. The molecule has 2 aromatic rings. The Balaban J connectivity index is 2.19. The van der Waals surface area contributed by atoms with Crippen molar-refractivity contribution in [2.24, 2.45) is 5.11 Å². The van der Waals surface area contributed by atoms with Crippen LogP contribution in [0, 0.1) is 0 Å². The van der Waals surface area contributed by atoms with Gasteiger partial charge in [0.05, 0.1) is 29.5 Å². The fourth-order valence-electron chi connectivity index (χ4n) is 2.00. The Bertz CT molecular complexity index is 816. The number of nitrogens with zero attached hydrogens (tertiary/aromatic N) is 3. The summed E-state index contributed by atoms with van der Waals surface area (Å²) in [4.78, 5) is 2.87. The number of sulfone groups is 1. The van der Waals surface area contributed by atoms with Crippen LogP contribution in [0.1, 0.15) is 5.56 Å². The minimum atomic E-state index is -3.48. The second-order valence-electron chi connectivity index (χ2n) is 4.70. The third-order valence-corrected chi connectivity index (χ3v) is 4.80. The second-order valence-corrected chi connectivity index (χ2v) is 6.69. The highest BCUT2D eigenvalue weighted by atomic mass is 32.2. The number of para-hydroxylation sites is 1. The van der Waals surface area contributed by atoms with Crippen LogP contribution >= 0.6 is 0 Å². The molecule has 0 aliphatic heterocycles. The summed E-state index contributed by atoms with van der Waals surface area (Å²) >= 11 is 0. The van der Waals surface area contributed by atoms with E-state index >= 15 is 0 Å². The van der Waals surface area contributed by atoms with Crippen LogP contribution in [0.2, 0.25) is 0 Å². The lowest BCUT2D eigenvalue weighted by molar-refractivity contribution is 0.330. The van der Waals surface area contributed by atoms with E-state index in [1.54, 1.807) is 48.5 Å². The highest BCUT2D eigenvalue weighted by molar-refractivity contribution is 7.90. The zero-order valence-electron chi connectivity index (χ0n) is 12.3. The van der Waals surface area contributed by atoms with Crippen molar-refractivity contribution in [3.8, 4) is 5.75 Å². The van der Waals surface area contributed by atoms with Crippen molar-refractivity contribution in [3.63, 3.8) is 0 Å². The van der Waals surface area contributed by atoms with Crippen LogP contribution in [-0.4, -0.2) is 21.6 Å². The predicted octanol–water partition coefficient (Wildman–Crippen LogP) is 2.93. The summed E-state index contributed by atoms with van der Waals surface area (Å²) in [6.45, 7) is 0.339. The quantitative estimate of drug-likeness (QED) is 0.275. The average Bonchev–Trinajstić information content (AvgIpc) is 2.55. The van der Waals surface area contributed by atoms with E-state index in [0.717, 1.165) is 0 Å². The van der Waals surface area contributed by atoms with Crippen LogP contribution in [0.4, 0.5) is 5.69 Å². The highest BCUT2D eigenvalue weighted by Crippen LogP contribution is 2.28. The molecular formula is C15H16N4O3S. The number of hydrogen-bond donors (Lipinski definition) is 1. The topological polar surface area (TPSA) is 118 Å². The lowest BCUT2D eigenvalue weighted by Crippen LogP contribution is -2.09. The molecule has 23 heavy (non-hydrogen) atoms. The summed E-state index contributed by atoms with van der Waals surface area (Å²) in [7, 11) is -3.48. The maximum atomic E-state index is 12.4. The molecule has 8 heteroatoms. The molecule has 2 aromatic carbocycles. The molecule has 7 nitrogen and oxygen atoms in total. The molecule has 2 N–H and O–H groups in total. The second kappa shape index (κ2) is 7.53. The Kier molecular flexibility index (Phi) is 5.46. The number of rotatable bonds is 7. The normalized spacial score (nSPS) is 10.8. The van der Waals surface area contributed by atoms with Crippen LogP contribution in [0.25, 0.3) is 10.4 Å². The Hall–Kier alpha value is -2.70. The molecule has 0 saturated carbocycles. The van der Waals surface area contributed by atoms with Gasteiger partial charge in [-0.15, -0.1) is 0 Å². The molecular weight excluding hydrogens is 316 g/mol. The maximum Gasteiger partial charge on any atom is 0.182 e. The van der Waals surface area contributed by atoms with Crippen molar-refractivity contribution in [1.82, 2.24) is 0 Å². The van der Waals surface area contributed by atoms with Gasteiger partial charge in [0.25, 0.3) is 0 Å². The first-order chi connectivity index (χ1) is 11.0. The van der Waals surface area contributed by atoms with Crippen molar-refractivity contribution < 1.29 is 13.2 Å². The van der Waals surface area contributed by atoms with E-state index in [0.29, 0.717) is 11.3 Å². The molecule has 0 saturated heterocycles. The number of nitrogen functional groups attached to an aromatic ring is 1. The molecule has 0 radical (unpaired) electrons. The highest BCUT2D eigenvalue weighted by Gasteiger charge is 2.17. The molecule has 0 bridgehead atoms. The van der Waals surface area contributed by atoms with E-state index in [1.807, 2.05) is 0 Å². The summed E-state index contributed by atoms with van der Waals surface area (Å²) in [6.07, 6.45) is 0. The van der Waals surface area contributed by atoms with Crippen LogP contribution in [0.5, 0.6) is 5.75 Å². The smallest absolute Gasteiger partial charge is 0.182 e. The number of ether oxygens (including phenoxy) is 1. The molecule has 0 aliphatic rings. The van der Waals surface area contributed by atoms with Gasteiger partial charge in [0, 0.05) is 4.91 Å². The maximum absolute atomic E-state index is 12.4. The van der Waals surface area contributed by atoms with Gasteiger partial charge in [0.1, 0.15) is 5.75 Å². The fraction of sp³-hybridized carbons (Fsp3) is 0.200. The first kappa shape index (κ1) is 16.7. The van der Waals surface area contributed by atoms with E-state index in [4.69, 9.17) is 16.0 Å². The van der Waals surface area contributed by atoms with E-state index < -0.39 is 9.84 Å². The predicted molar refractivity (Wildman–Crippen MR) is 87.7 cm³/mol. The molecule has 0 spiro atoms. The van der Waals surface area contributed by atoms with Crippen LogP contribution < -0.4 is 10.5 Å². The SMILES string of the molecule is [N-]=[N+]=NCCOc1cccc(CS(=O)(=O)c2ccccc2)c1N. The van der Waals surface area contributed by atoms with E-state index in [1.165, 1.54) is 0 Å². The van der Waals surface area contributed by atoms with E-state index in [9.17, 15) is 8.42 Å². The molecule has 0 unspecified atom stereocenters. The lowest BCUT2D eigenvalue weighted by Gasteiger charge is -2.12. The van der Waals surface area contributed by atoms with Gasteiger partial charge in [-0.3, -0.25) is 0 Å². The first-order valence-corrected chi connectivity index (χ1v) is 8.48. The summed E-state index contributed by atoms with van der Waals surface area (Å²) in [5, 5.41) is 3.36. The van der Waals surface area contributed by atoms with Gasteiger partial charge in [-0.2, -0.15) is 0 Å². The number of anilines is 1. The first-order valence-electron chi connectivity index (χ1n) is 6.83. The van der Waals surface area contributed by atoms with Crippen molar-refractivity contribution in [3.05, 3.63) is 64.5 Å². The Labute approximate surface area is 134 Å². The largest absolute Gasteiger partial charge is 0.491 e. The Morgan fingerprint density at radius 3 is 2.57 bits per heavy atom. The monoisotopic (exact) mass is 332 g/mol. The van der Waals surface area contributed by atoms with Gasteiger partial charge < -0.3 is 10.5 Å². The van der Waals surface area contributed by atoms with Crippen molar-refractivity contribution in [2.75, 3.05) is 18.9 Å². The third-order valence-electron chi connectivity index (χ3n) is 3.12. The summed E-state index contributed by atoms with van der Waals surface area (Å²) in [5.74, 6) is 0.162. The standard InChI is InChI=1S/C15H16N4O3S/c16-15-12(5-4-8-14(15)22-10-9-18-19-17)11-23(20,21)13-6-2-1-3-7-13/h1-8H,9-11,16H2. The van der Waals surface area contributed by atoms with Gasteiger partial charge in [0.2, 0.25) is 0 Å². The van der Waals surface area contributed by atoms with E-state index in [-0.39, 0.29) is 29.5 Å². The van der Waals surface area contributed by atoms with Gasteiger partial charge in [-0.1, -0.05) is 35.4 Å².